The summed E-state index contributed by atoms with van der Waals surface area (Å²) in [5.41, 5.74) is 1.71. The van der Waals surface area contributed by atoms with E-state index in [0.717, 1.165) is 16.5 Å². The highest BCUT2D eigenvalue weighted by atomic mass is 35.5. The molecule has 0 aliphatic heterocycles. The standard InChI is InChI=1S/C22H15ClN4O3S/c23-17-12-15(27(29)30)10-11-19(17)26-21(28)20(14-6-2-1-3-7-14)31-22-16-8-4-5-9-18(16)24-13-25-22/h1-13,20H,(H,26,28)/t20-/m1/s1. The first-order chi connectivity index (χ1) is 15.0. The normalized spacial score (nSPS) is 11.8. The number of non-ortho nitro benzene ring substituents is 1. The SMILES string of the molecule is O=C(Nc1ccc([N+](=O)[O-])cc1Cl)[C@H](Sc1ncnc2ccccc12)c1ccccc1. The topological polar surface area (TPSA) is 98.0 Å². The largest absolute Gasteiger partial charge is 0.323 e. The monoisotopic (exact) mass is 450 g/mol. The van der Waals surface area contributed by atoms with Gasteiger partial charge in [0.05, 0.1) is 21.2 Å². The Balaban J connectivity index is 1.67. The van der Waals surface area contributed by atoms with Crippen molar-refractivity contribution >= 4 is 51.5 Å². The Kier molecular flexibility index (Phi) is 6.11. The first-order valence-corrected chi connectivity index (χ1v) is 10.4. The second-order valence-electron chi connectivity index (χ2n) is 6.52. The second kappa shape index (κ2) is 9.11. The summed E-state index contributed by atoms with van der Waals surface area (Å²) in [7, 11) is 0. The number of rotatable bonds is 6. The number of nitrogens with zero attached hydrogens (tertiary/aromatic N) is 3. The maximum absolute atomic E-state index is 13.3. The molecule has 4 rings (SSSR count). The minimum atomic E-state index is -0.634. The van der Waals surface area contributed by atoms with Crippen LogP contribution in [0.3, 0.4) is 0 Å². The maximum Gasteiger partial charge on any atom is 0.271 e. The molecule has 0 aliphatic rings. The predicted molar refractivity (Wildman–Crippen MR) is 121 cm³/mol. The zero-order valence-electron chi connectivity index (χ0n) is 15.9. The van der Waals surface area contributed by atoms with Crippen molar-refractivity contribution in [3.63, 3.8) is 0 Å². The summed E-state index contributed by atoms with van der Waals surface area (Å²) in [6, 6.07) is 20.8. The smallest absolute Gasteiger partial charge is 0.271 e. The molecule has 4 aromatic rings. The van der Waals surface area contributed by atoms with Gasteiger partial charge in [0, 0.05) is 17.5 Å². The molecule has 3 aromatic carbocycles. The van der Waals surface area contributed by atoms with Gasteiger partial charge in [-0.15, -0.1) is 0 Å². The van der Waals surface area contributed by atoms with Gasteiger partial charge >= 0.3 is 0 Å². The average Bonchev–Trinajstić information content (AvgIpc) is 2.79. The fourth-order valence-electron chi connectivity index (χ4n) is 3.00. The third-order valence-electron chi connectivity index (χ3n) is 4.50. The lowest BCUT2D eigenvalue weighted by molar-refractivity contribution is -0.384. The summed E-state index contributed by atoms with van der Waals surface area (Å²) >= 11 is 7.46. The average molecular weight is 451 g/mol. The number of carbonyl (C=O) groups excluding carboxylic acids is 1. The number of fused-ring (bicyclic) bond motifs is 1. The number of nitrogens with one attached hydrogen (secondary N) is 1. The van der Waals surface area contributed by atoms with Gasteiger partial charge in [0.15, 0.2) is 0 Å². The predicted octanol–water partition coefficient (Wildman–Crippen LogP) is 5.66. The minimum Gasteiger partial charge on any atom is -0.323 e. The van der Waals surface area contributed by atoms with E-state index in [2.05, 4.69) is 15.3 Å². The van der Waals surface area contributed by atoms with E-state index >= 15 is 0 Å². The zero-order valence-corrected chi connectivity index (χ0v) is 17.5. The van der Waals surface area contributed by atoms with Crippen LogP contribution < -0.4 is 5.32 Å². The van der Waals surface area contributed by atoms with Crippen LogP contribution >= 0.6 is 23.4 Å². The summed E-state index contributed by atoms with van der Waals surface area (Å²) in [6.07, 6.45) is 1.47. The molecule has 0 aliphatic carbocycles. The van der Waals surface area contributed by atoms with Crippen LogP contribution in [-0.4, -0.2) is 20.8 Å². The lowest BCUT2D eigenvalue weighted by Gasteiger charge is -2.18. The quantitative estimate of drug-likeness (QED) is 0.176. The number of anilines is 1. The molecule has 7 nitrogen and oxygen atoms in total. The summed E-state index contributed by atoms with van der Waals surface area (Å²) < 4.78 is 0. The van der Waals surface area contributed by atoms with Crippen LogP contribution in [0.4, 0.5) is 11.4 Å². The molecule has 0 fully saturated rings. The lowest BCUT2D eigenvalue weighted by atomic mass is 10.1. The molecule has 31 heavy (non-hydrogen) atoms. The summed E-state index contributed by atoms with van der Waals surface area (Å²) in [5, 5.41) is 14.7. The van der Waals surface area contributed by atoms with E-state index in [4.69, 9.17) is 11.6 Å². The third kappa shape index (κ3) is 4.65. The van der Waals surface area contributed by atoms with Gasteiger partial charge in [-0.2, -0.15) is 0 Å². The van der Waals surface area contributed by atoms with E-state index in [1.165, 1.54) is 36.3 Å². The number of nitro groups is 1. The minimum absolute atomic E-state index is 0.0897. The number of amides is 1. The molecule has 1 heterocycles. The van der Waals surface area contributed by atoms with Crippen molar-refractivity contribution in [3.05, 3.63) is 99.8 Å². The second-order valence-corrected chi connectivity index (χ2v) is 8.02. The Morgan fingerprint density at radius 1 is 1.03 bits per heavy atom. The highest BCUT2D eigenvalue weighted by molar-refractivity contribution is 8.00. The van der Waals surface area contributed by atoms with Gasteiger partial charge in [-0.05, 0) is 17.7 Å². The highest BCUT2D eigenvalue weighted by Gasteiger charge is 2.25. The number of halogens is 1. The summed E-state index contributed by atoms with van der Waals surface area (Å²) in [5.74, 6) is -0.324. The highest BCUT2D eigenvalue weighted by Crippen LogP contribution is 2.38. The summed E-state index contributed by atoms with van der Waals surface area (Å²) in [6.45, 7) is 0. The number of hydrogen-bond acceptors (Lipinski definition) is 6. The van der Waals surface area contributed by atoms with Gasteiger partial charge in [0.2, 0.25) is 5.91 Å². The van der Waals surface area contributed by atoms with Crippen LogP contribution in [0.25, 0.3) is 10.9 Å². The number of hydrogen-bond donors (Lipinski definition) is 1. The van der Waals surface area contributed by atoms with Crippen LogP contribution in [0.1, 0.15) is 10.8 Å². The van der Waals surface area contributed by atoms with Crippen molar-refractivity contribution < 1.29 is 9.72 Å². The molecule has 154 valence electrons. The van der Waals surface area contributed by atoms with Crippen molar-refractivity contribution in [2.45, 2.75) is 10.3 Å². The number of thioether (sulfide) groups is 1. The molecule has 1 N–H and O–H groups in total. The van der Waals surface area contributed by atoms with Gasteiger partial charge < -0.3 is 5.32 Å². The zero-order chi connectivity index (χ0) is 21.8. The van der Waals surface area contributed by atoms with E-state index in [9.17, 15) is 14.9 Å². The molecule has 0 unspecified atom stereocenters. The van der Waals surface area contributed by atoms with Crippen molar-refractivity contribution in [1.82, 2.24) is 9.97 Å². The van der Waals surface area contributed by atoms with Gasteiger partial charge in [0.1, 0.15) is 16.6 Å². The molecule has 0 saturated heterocycles. The summed E-state index contributed by atoms with van der Waals surface area (Å²) in [4.78, 5) is 32.3. The third-order valence-corrected chi connectivity index (χ3v) is 6.08. The number of nitro benzene ring substituents is 1. The fourth-order valence-corrected chi connectivity index (χ4v) is 4.32. The van der Waals surface area contributed by atoms with E-state index in [1.807, 2.05) is 54.6 Å². The van der Waals surface area contributed by atoms with E-state index in [-0.39, 0.29) is 16.6 Å². The lowest BCUT2D eigenvalue weighted by Crippen LogP contribution is -2.19. The first kappa shape index (κ1) is 20.8. The van der Waals surface area contributed by atoms with Crippen LogP contribution in [0, 0.1) is 10.1 Å². The number of carbonyl (C=O) groups is 1. The van der Waals surface area contributed by atoms with Crippen molar-refractivity contribution in [3.8, 4) is 0 Å². The number of aromatic nitrogens is 2. The van der Waals surface area contributed by atoms with Gasteiger partial charge in [-0.3, -0.25) is 14.9 Å². The van der Waals surface area contributed by atoms with Crippen molar-refractivity contribution in [2.75, 3.05) is 5.32 Å². The van der Waals surface area contributed by atoms with Gasteiger partial charge in [-0.25, -0.2) is 9.97 Å². The number of benzene rings is 3. The van der Waals surface area contributed by atoms with E-state index < -0.39 is 10.2 Å². The molecular formula is C22H15ClN4O3S. The van der Waals surface area contributed by atoms with Crippen molar-refractivity contribution in [1.29, 1.82) is 0 Å². The van der Waals surface area contributed by atoms with Gasteiger partial charge in [-0.1, -0.05) is 71.9 Å². The molecule has 9 heteroatoms. The molecule has 1 amide bonds. The molecule has 0 radical (unpaired) electrons. The van der Waals surface area contributed by atoms with Crippen LogP contribution in [0.15, 0.2) is 84.1 Å². The van der Waals surface area contributed by atoms with Crippen molar-refractivity contribution in [2.24, 2.45) is 0 Å². The van der Waals surface area contributed by atoms with E-state index in [1.54, 1.807) is 0 Å². The molecule has 0 bridgehead atoms. The van der Waals surface area contributed by atoms with Gasteiger partial charge in [0.25, 0.3) is 5.69 Å². The van der Waals surface area contributed by atoms with Crippen LogP contribution in [-0.2, 0) is 4.79 Å². The Morgan fingerprint density at radius 3 is 2.52 bits per heavy atom. The van der Waals surface area contributed by atoms with E-state index in [0.29, 0.717) is 10.7 Å². The molecule has 1 atom stereocenters. The van der Waals surface area contributed by atoms with Crippen LogP contribution in [0.2, 0.25) is 5.02 Å². The molecule has 1 aromatic heterocycles. The fraction of sp³-hybridized carbons (Fsp3) is 0.0455. The Hall–Kier alpha value is -3.49. The van der Waals surface area contributed by atoms with Crippen LogP contribution in [0.5, 0.6) is 0 Å². The molecular weight excluding hydrogens is 436 g/mol. The number of para-hydroxylation sites is 1. The Bertz CT molecular complexity index is 1260. The maximum atomic E-state index is 13.3. The Morgan fingerprint density at radius 2 is 1.77 bits per heavy atom. The Labute approximate surface area is 186 Å². The first-order valence-electron chi connectivity index (χ1n) is 9.19. The molecule has 0 saturated carbocycles. The molecule has 0 spiro atoms.